The number of benzene rings is 1. The summed E-state index contributed by atoms with van der Waals surface area (Å²) < 4.78 is 6.59. The molecule has 1 aromatic carbocycles. The number of anilines is 3. The average Bonchev–Trinajstić information content (AvgIpc) is 2.36. The van der Waals surface area contributed by atoms with E-state index in [0.29, 0.717) is 22.4 Å². The molecule has 1 aromatic heterocycles. The quantitative estimate of drug-likeness (QED) is 0.740. The predicted octanol–water partition coefficient (Wildman–Crippen LogP) is 4.45. The Bertz CT molecular complexity index is 619. The Balaban J connectivity index is 2.25. The first-order chi connectivity index (χ1) is 9.45. The molecular weight excluding hydrogens is 389 g/mol. The minimum Gasteiger partial charge on any atom is -0.473 e. The van der Waals surface area contributed by atoms with Crippen LogP contribution in [0, 0.1) is 3.57 Å². The number of aromatic nitrogens is 1. The summed E-state index contributed by atoms with van der Waals surface area (Å²) in [4.78, 5) is 4.38. The van der Waals surface area contributed by atoms with E-state index in [1.54, 1.807) is 6.07 Å². The van der Waals surface area contributed by atoms with Gasteiger partial charge in [0.15, 0.2) is 0 Å². The highest BCUT2D eigenvalue weighted by atomic mass is 127. The number of ether oxygens (including phenoxy) is 1. The van der Waals surface area contributed by atoms with Crippen molar-refractivity contribution >= 4 is 51.4 Å². The van der Waals surface area contributed by atoms with Gasteiger partial charge in [0, 0.05) is 8.59 Å². The van der Waals surface area contributed by atoms with E-state index in [9.17, 15) is 0 Å². The highest BCUT2D eigenvalue weighted by Gasteiger charge is 2.08. The van der Waals surface area contributed by atoms with E-state index in [1.807, 2.05) is 38.1 Å². The summed E-state index contributed by atoms with van der Waals surface area (Å²) in [6.45, 7) is 3.87. The van der Waals surface area contributed by atoms with Crippen LogP contribution < -0.4 is 15.8 Å². The van der Waals surface area contributed by atoms with Gasteiger partial charge in [-0.05, 0) is 66.8 Å². The van der Waals surface area contributed by atoms with Gasteiger partial charge in [-0.15, -0.1) is 0 Å². The Labute approximate surface area is 136 Å². The van der Waals surface area contributed by atoms with Crippen LogP contribution in [0.3, 0.4) is 0 Å². The number of rotatable bonds is 4. The molecule has 0 aliphatic rings. The molecule has 0 aliphatic carbocycles. The fourth-order valence-electron chi connectivity index (χ4n) is 1.57. The molecule has 0 radical (unpaired) electrons. The van der Waals surface area contributed by atoms with Gasteiger partial charge >= 0.3 is 0 Å². The molecule has 4 nitrogen and oxygen atoms in total. The standard InChI is InChI=1S/C14H15ClIN3O/c1-8(2)20-14-11(17)4-6-13(19-14)18-12-5-3-9(15)7-10(12)16/h3-8H,17H2,1-2H3,(H,18,19). The van der Waals surface area contributed by atoms with Crippen molar-refractivity contribution in [3.05, 3.63) is 38.9 Å². The van der Waals surface area contributed by atoms with E-state index >= 15 is 0 Å². The maximum absolute atomic E-state index is 5.94. The Morgan fingerprint density at radius 1 is 1.30 bits per heavy atom. The summed E-state index contributed by atoms with van der Waals surface area (Å²) in [5.74, 6) is 1.11. The van der Waals surface area contributed by atoms with E-state index in [-0.39, 0.29) is 6.10 Å². The number of nitrogens with two attached hydrogens (primary N) is 1. The zero-order chi connectivity index (χ0) is 14.7. The number of halogens is 2. The molecular formula is C14H15ClIN3O. The number of nitrogen functional groups attached to an aromatic ring is 1. The minimum atomic E-state index is 0.0238. The lowest BCUT2D eigenvalue weighted by Gasteiger charge is -2.13. The lowest BCUT2D eigenvalue weighted by molar-refractivity contribution is 0.234. The summed E-state index contributed by atoms with van der Waals surface area (Å²) in [6.07, 6.45) is 0.0238. The third-order valence-electron chi connectivity index (χ3n) is 2.43. The van der Waals surface area contributed by atoms with Crippen molar-refractivity contribution in [2.45, 2.75) is 20.0 Å². The van der Waals surface area contributed by atoms with Crippen molar-refractivity contribution in [2.75, 3.05) is 11.1 Å². The molecule has 0 bridgehead atoms. The topological polar surface area (TPSA) is 60.2 Å². The van der Waals surface area contributed by atoms with Gasteiger partial charge in [0.05, 0.1) is 17.5 Å². The molecule has 2 rings (SSSR count). The molecule has 6 heteroatoms. The largest absolute Gasteiger partial charge is 0.473 e. The molecule has 20 heavy (non-hydrogen) atoms. The van der Waals surface area contributed by atoms with Crippen molar-refractivity contribution in [3.8, 4) is 5.88 Å². The fraction of sp³-hybridized carbons (Fsp3) is 0.214. The van der Waals surface area contributed by atoms with E-state index in [1.165, 1.54) is 0 Å². The number of nitrogens with one attached hydrogen (secondary N) is 1. The summed E-state index contributed by atoms with van der Waals surface area (Å²) in [5.41, 5.74) is 7.30. The second-order valence-electron chi connectivity index (χ2n) is 4.51. The van der Waals surface area contributed by atoms with Crippen LogP contribution in [-0.4, -0.2) is 11.1 Å². The van der Waals surface area contributed by atoms with Gasteiger partial charge < -0.3 is 15.8 Å². The van der Waals surface area contributed by atoms with Crippen LogP contribution in [-0.2, 0) is 0 Å². The highest BCUT2D eigenvalue weighted by Crippen LogP contribution is 2.27. The van der Waals surface area contributed by atoms with E-state index in [4.69, 9.17) is 22.1 Å². The van der Waals surface area contributed by atoms with E-state index in [2.05, 4.69) is 32.9 Å². The number of nitrogens with zero attached hydrogens (tertiary/aromatic N) is 1. The molecule has 0 aliphatic heterocycles. The lowest BCUT2D eigenvalue weighted by atomic mass is 10.3. The van der Waals surface area contributed by atoms with Gasteiger partial charge in [-0.3, -0.25) is 0 Å². The average molecular weight is 404 g/mol. The Morgan fingerprint density at radius 2 is 2.05 bits per heavy atom. The third kappa shape index (κ3) is 3.89. The van der Waals surface area contributed by atoms with Crippen LogP contribution in [0.25, 0.3) is 0 Å². The van der Waals surface area contributed by atoms with Crippen LogP contribution in [0.2, 0.25) is 5.02 Å². The van der Waals surface area contributed by atoms with Gasteiger partial charge in [0.2, 0.25) is 5.88 Å². The predicted molar refractivity (Wildman–Crippen MR) is 91.9 cm³/mol. The van der Waals surface area contributed by atoms with Gasteiger partial charge in [-0.2, -0.15) is 4.98 Å². The van der Waals surface area contributed by atoms with Crippen molar-refractivity contribution in [3.63, 3.8) is 0 Å². The molecule has 0 saturated carbocycles. The number of hydrogen-bond donors (Lipinski definition) is 2. The highest BCUT2D eigenvalue weighted by molar-refractivity contribution is 14.1. The van der Waals surface area contributed by atoms with Gasteiger partial charge in [-0.1, -0.05) is 11.6 Å². The normalized spacial score (nSPS) is 10.7. The molecule has 106 valence electrons. The van der Waals surface area contributed by atoms with Gasteiger partial charge in [0.25, 0.3) is 0 Å². The molecule has 3 N–H and O–H groups in total. The summed E-state index contributed by atoms with van der Waals surface area (Å²) in [7, 11) is 0. The second-order valence-corrected chi connectivity index (χ2v) is 6.11. The molecule has 0 saturated heterocycles. The van der Waals surface area contributed by atoms with Gasteiger partial charge in [0.1, 0.15) is 5.82 Å². The third-order valence-corrected chi connectivity index (χ3v) is 3.56. The van der Waals surface area contributed by atoms with Gasteiger partial charge in [-0.25, -0.2) is 0 Å². The zero-order valence-corrected chi connectivity index (χ0v) is 14.1. The van der Waals surface area contributed by atoms with Crippen LogP contribution >= 0.6 is 34.2 Å². The molecule has 0 amide bonds. The minimum absolute atomic E-state index is 0.0238. The monoisotopic (exact) mass is 403 g/mol. The first kappa shape index (κ1) is 15.2. The smallest absolute Gasteiger partial charge is 0.239 e. The van der Waals surface area contributed by atoms with Crippen LogP contribution in [0.15, 0.2) is 30.3 Å². The number of pyridine rings is 1. The Kier molecular flexibility index (Phi) is 4.93. The fourth-order valence-corrected chi connectivity index (χ4v) is 2.57. The Morgan fingerprint density at radius 3 is 2.70 bits per heavy atom. The molecule has 0 unspecified atom stereocenters. The lowest BCUT2D eigenvalue weighted by Crippen LogP contribution is -2.09. The maximum Gasteiger partial charge on any atom is 0.239 e. The maximum atomic E-state index is 5.94. The first-order valence-electron chi connectivity index (χ1n) is 6.11. The van der Waals surface area contributed by atoms with Crippen LogP contribution in [0.4, 0.5) is 17.2 Å². The molecule has 0 atom stereocenters. The van der Waals surface area contributed by atoms with E-state index in [0.717, 1.165) is 9.26 Å². The van der Waals surface area contributed by atoms with Crippen LogP contribution in [0.5, 0.6) is 5.88 Å². The zero-order valence-electron chi connectivity index (χ0n) is 11.2. The molecule has 0 spiro atoms. The number of hydrogen-bond acceptors (Lipinski definition) is 4. The first-order valence-corrected chi connectivity index (χ1v) is 7.56. The van der Waals surface area contributed by atoms with Crippen LogP contribution in [0.1, 0.15) is 13.8 Å². The summed E-state index contributed by atoms with van der Waals surface area (Å²) in [5, 5.41) is 3.93. The molecule has 2 aromatic rings. The summed E-state index contributed by atoms with van der Waals surface area (Å²) >= 11 is 8.16. The Hall–Kier alpha value is -1.21. The van der Waals surface area contributed by atoms with Crippen molar-refractivity contribution < 1.29 is 4.74 Å². The van der Waals surface area contributed by atoms with Crippen molar-refractivity contribution in [2.24, 2.45) is 0 Å². The second kappa shape index (κ2) is 6.49. The summed E-state index contributed by atoms with van der Waals surface area (Å²) in [6, 6.07) is 9.20. The van der Waals surface area contributed by atoms with E-state index < -0.39 is 0 Å². The molecule has 0 fully saturated rings. The SMILES string of the molecule is CC(C)Oc1nc(Nc2ccc(Cl)cc2I)ccc1N. The van der Waals surface area contributed by atoms with Crippen molar-refractivity contribution in [1.29, 1.82) is 0 Å². The molecule has 1 heterocycles. The van der Waals surface area contributed by atoms with Crippen molar-refractivity contribution in [1.82, 2.24) is 4.98 Å².